The van der Waals surface area contributed by atoms with Gasteiger partial charge in [0.2, 0.25) is 5.91 Å². The largest absolute Gasteiger partial charge is 0.495 e. The van der Waals surface area contributed by atoms with Crippen molar-refractivity contribution < 1.29 is 22.4 Å². The van der Waals surface area contributed by atoms with Crippen LogP contribution in [-0.4, -0.2) is 31.7 Å². The Balaban J connectivity index is 1.90. The molecule has 2 aromatic carbocycles. The number of hydrogen-bond acceptors (Lipinski definition) is 7. The highest BCUT2D eigenvalue weighted by molar-refractivity contribution is 8.00. The fraction of sp³-hybridized carbons (Fsp3) is 0.176. The van der Waals surface area contributed by atoms with Crippen LogP contribution in [-0.2, 0) is 14.8 Å². The highest BCUT2D eigenvalue weighted by Crippen LogP contribution is 2.30. The predicted octanol–water partition coefficient (Wildman–Crippen LogP) is 2.60. The molecule has 10 heteroatoms. The van der Waals surface area contributed by atoms with E-state index in [0.29, 0.717) is 22.5 Å². The molecule has 0 saturated carbocycles. The number of anilines is 1. The maximum atomic E-state index is 12.7. The van der Waals surface area contributed by atoms with E-state index < -0.39 is 21.2 Å². The molecule has 3 N–H and O–H groups in total. The molecule has 27 heavy (non-hydrogen) atoms. The van der Waals surface area contributed by atoms with Crippen LogP contribution in [0.3, 0.4) is 0 Å². The van der Waals surface area contributed by atoms with Crippen molar-refractivity contribution in [3.05, 3.63) is 42.5 Å². The number of sulfonamides is 1. The summed E-state index contributed by atoms with van der Waals surface area (Å²) in [6, 6.07) is 11.0. The van der Waals surface area contributed by atoms with Gasteiger partial charge in [0.1, 0.15) is 11.3 Å². The van der Waals surface area contributed by atoms with E-state index in [4.69, 9.17) is 14.9 Å². The number of primary amides is 1. The second-order valence-electron chi connectivity index (χ2n) is 5.58. The first-order valence-corrected chi connectivity index (χ1v) is 10.2. The molecule has 8 nitrogen and oxygen atoms in total. The standard InChI is InChI=1S/C17H17N3O5S2/c1-10(16(18)21)26-17-19-13-9-11(7-8-15(13)25-17)27(22,23)20-12-5-3-4-6-14(12)24-2/h3-10,20H,1-2H3,(H2,18,21). The summed E-state index contributed by atoms with van der Waals surface area (Å²) in [6.07, 6.45) is 0. The van der Waals surface area contributed by atoms with Gasteiger partial charge in [-0.25, -0.2) is 13.4 Å². The third-order valence-corrected chi connectivity index (χ3v) is 6.00. The van der Waals surface area contributed by atoms with Crippen LogP contribution in [0.2, 0.25) is 0 Å². The number of rotatable bonds is 7. The van der Waals surface area contributed by atoms with E-state index >= 15 is 0 Å². The maximum Gasteiger partial charge on any atom is 0.262 e. The smallest absolute Gasteiger partial charge is 0.262 e. The number of benzene rings is 2. The summed E-state index contributed by atoms with van der Waals surface area (Å²) < 4.78 is 38.6. The number of carbonyl (C=O) groups excluding carboxylic acids is 1. The maximum absolute atomic E-state index is 12.7. The molecule has 1 aromatic heterocycles. The average molecular weight is 407 g/mol. The number of aromatic nitrogens is 1. The Morgan fingerprint density at radius 3 is 2.74 bits per heavy atom. The normalized spacial score (nSPS) is 12.7. The van der Waals surface area contributed by atoms with Crippen molar-refractivity contribution in [3.8, 4) is 5.75 Å². The van der Waals surface area contributed by atoms with Crippen LogP contribution in [0.1, 0.15) is 6.92 Å². The second-order valence-corrected chi connectivity index (χ2v) is 8.55. The monoisotopic (exact) mass is 407 g/mol. The first-order valence-electron chi connectivity index (χ1n) is 7.82. The zero-order valence-electron chi connectivity index (χ0n) is 14.5. The summed E-state index contributed by atoms with van der Waals surface area (Å²) >= 11 is 1.06. The molecule has 0 aliphatic carbocycles. The van der Waals surface area contributed by atoms with Crippen molar-refractivity contribution in [2.75, 3.05) is 11.8 Å². The van der Waals surface area contributed by atoms with Gasteiger partial charge >= 0.3 is 0 Å². The van der Waals surface area contributed by atoms with Crippen molar-refractivity contribution in [1.82, 2.24) is 4.98 Å². The third kappa shape index (κ3) is 4.17. The van der Waals surface area contributed by atoms with Crippen molar-refractivity contribution in [2.45, 2.75) is 22.3 Å². The Labute approximate surface area is 160 Å². The molecule has 3 aromatic rings. The second kappa shape index (κ2) is 7.49. The molecule has 1 heterocycles. The Kier molecular flexibility index (Phi) is 5.29. The van der Waals surface area contributed by atoms with Crippen molar-refractivity contribution in [1.29, 1.82) is 0 Å². The lowest BCUT2D eigenvalue weighted by Crippen LogP contribution is -2.22. The Morgan fingerprint density at radius 2 is 2.04 bits per heavy atom. The van der Waals surface area contributed by atoms with Gasteiger partial charge in [-0.3, -0.25) is 9.52 Å². The third-order valence-electron chi connectivity index (χ3n) is 3.68. The summed E-state index contributed by atoms with van der Waals surface area (Å²) in [7, 11) is -2.40. The number of amides is 1. The highest BCUT2D eigenvalue weighted by atomic mass is 32.2. The van der Waals surface area contributed by atoms with Crippen LogP contribution in [0, 0.1) is 0 Å². The zero-order chi connectivity index (χ0) is 19.6. The molecule has 1 amide bonds. The van der Waals surface area contributed by atoms with E-state index in [1.165, 1.54) is 25.3 Å². The van der Waals surface area contributed by atoms with Gasteiger partial charge in [0, 0.05) is 0 Å². The van der Waals surface area contributed by atoms with Crippen LogP contribution >= 0.6 is 11.8 Å². The molecule has 0 saturated heterocycles. The van der Waals surface area contributed by atoms with Crippen LogP contribution in [0.4, 0.5) is 5.69 Å². The number of oxazole rings is 1. The number of hydrogen-bond donors (Lipinski definition) is 2. The Bertz CT molecular complexity index is 1090. The summed E-state index contributed by atoms with van der Waals surface area (Å²) in [5, 5.41) is -0.281. The molecule has 1 atom stereocenters. The minimum Gasteiger partial charge on any atom is -0.495 e. The topological polar surface area (TPSA) is 125 Å². The van der Waals surface area contributed by atoms with Crippen LogP contribution in [0.25, 0.3) is 11.1 Å². The van der Waals surface area contributed by atoms with Gasteiger partial charge in [-0.1, -0.05) is 23.9 Å². The van der Waals surface area contributed by atoms with Crippen LogP contribution < -0.4 is 15.2 Å². The number of para-hydroxylation sites is 2. The van der Waals surface area contributed by atoms with Crippen molar-refractivity contribution in [2.24, 2.45) is 5.73 Å². The minimum atomic E-state index is -3.86. The van der Waals surface area contributed by atoms with E-state index in [1.54, 1.807) is 31.2 Å². The molecule has 142 valence electrons. The van der Waals surface area contributed by atoms with Gasteiger partial charge in [0.05, 0.1) is 22.9 Å². The summed E-state index contributed by atoms with van der Waals surface area (Å²) in [5.41, 5.74) is 6.32. The van der Waals surface area contributed by atoms with E-state index in [-0.39, 0.29) is 10.1 Å². The van der Waals surface area contributed by atoms with Gasteiger partial charge in [0.15, 0.2) is 5.58 Å². The lowest BCUT2D eigenvalue weighted by molar-refractivity contribution is -0.117. The molecule has 1 unspecified atom stereocenters. The molecule has 3 rings (SSSR count). The number of nitrogens with zero attached hydrogens (tertiary/aromatic N) is 1. The minimum absolute atomic E-state index is 0.0219. The Morgan fingerprint density at radius 1 is 1.30 bits per heavy atom. The van der Waals surface area contributed by atoms with Gasteiger partial charge in [-0.2, -0.15) is 0 Å². The fourth-order valence-corrected chi connectivity index (χ4v) is 4.04. The van der Waals surface area contributed by atoms with E-state index in [1.807, 2.05) is 0 Å². The number of fused-ring (bicyclic) bond motifs is 1. The first-order chi connectivity index (χ1) is 12.8. The van der Waals surface area contributed by atoms with E-state index in [0.717, 1.165) is 11.8 Å². The van der Waals surface area contributed by atoms with Crippen LogP contribution in [0.15, 0.2) is 57.0 Å². The van der Waals surface area contributed by atoms with Gasteiger partial charge in [-0.05, 0) is 37.3 Å². The molecule has 0 radical (unpaired) electrons. The quantitative estimate of drug-likeness (QED) is 0.577. The number of methoxy groups -OCH3 is 1. The first kappa shape index (κ1) is 19.1. The van der Waals surface area contributed by atoms with Crippen molar-refractivity contribution >= 4 is 44.5 Å². The van der Waals surface area contributed by atoms with Crippen LogP contribution in [0.5, 0.6) is 5.75 Å². The van der Waals surface area contributed by atoms with Gasteiger partial charge in [-0.15, -0.1) is 0 Å². The van der Waals surface area contributed by atoms with Gasteiger partial charge < -0.3 is 14.9 Å². The number of carbonyl (C=O) groups is 1. The SMILES string of the molecule is COc1ccccc1NS(=O)(=O)c1ccc2oc(SC(C)C(N)=O)nc2c1. The summed E-state index contributed by atoms with van der Waals surface area (Å²) in [6.45, 7) is 1.63. The zero-order valence-corrected chi connectivity index (χ0v) is 16.1. The molecular weight excluding hydrogens is 390 g/mol. The lowest BCUT2D eigenvalue weighted by Gasteiger charge is -2.11. The Hall–Kier alpha value is -2.72. The van der Waals surface area contributed by atoms with E-state index in [2.05, 4.69) is 9.71 Å². The van der Waals surface area contributed by atoms with Gasteiger partial charge in [0.25, 0.3) is 15.2 Å². The fourth-order valence-electron chi connectivity index (χ4n) is 2.25. The van der Waals surface area contributed by atoms with E-state index in [9.17, 15) is 13.2 Å². The molecule has 0 aliphatic rings. The molecular formula is C17H17N3O5S2. The number of thioether (sulfide) groups is 1. The molecule has 0 spiro atoms. The molecule has 0 fully saturated rings. The number of nitrogens with one attached hydrogen (secondary N) is 1. The summed E-state index contributed by atoms with van der Waals surface area (Å²) in [4.78, 5) is 15.4. The molecule has 0 bridgehead atoms. The number of ether oxygens (including phenoxy) is 1. The number of nitrogens with two attached hydrogens (primary N) is 1. The molecule has 0 aliphatic heterocycles. The van der Waals surface area contributed by atoms with Crippen molar-refractivity contribution in [3.63, 3.8) is 0 Å². The predicted molar refractivity (Wildman–Crippen MR) is 102 cm³/mol. The highest BCUT2D eigenvalue weighted by Gasteiger charge is 2.20. The summed E-state index contributed by atoms with van der Waals surface area (Å²) in [5.74, 6) is -0.0887. The lowest BCUT2D eigenvalue weighted by atomic mass is 10.3. The average Bonchev–Trinajstić information content (AvgIpc) is 3.03.